The smallest absolute Gasteiger partial charge is 0.374 e. The minimum Gasteiger partial charge on any atom is -0.486 e. The van der Waals surface area contributed by atoms with Gasteiger partial charge in [0.25, 0.3) is 5.91 Å². The molecule has 0 bridgehead atoms. The third-order valence-corrected chi connectivity index (χ3v) is 3.84. The lowest BCUT2D eigenvalue weighted by molar-refractivity contribution is -0.119. The van der Waals surface area contributed by atoms with Crippen molar-refractivity contribution in [1.82, 2.24) is 0 Å². The van der Waals surface area contributed by atoms with Crippen molar-refractivity contribution < 1.29 is 23.5 Å². The summed E-state index contributed by atoms with van der Waals surface area (Å²) in [5.41, 5.74) is 1.40. The van der Waals surface area contributed by atoms with E-state index >= 15 is 0 Å². The van der Waals surface area contributed by atoms with Crippen molar-refractivity contribution >= 4 is 17.6 Å². The highest BCUT2D eigenvalue weighted by Crippen LogP contribution is 2.15. The van der Waals surface area contributed by atoms with Crippen LogP contribution in [0.1, 0.15) is 21.9 Å². The number of rotatable bonds is 8. The van der Waals surface area contributed by atoms with E-state index in [0.717, 1.165) is 5.56 Å². The van der Waals surface area contributed by atoms with Crippen LogP contribution in [-0.2, 0) is 22.6 Å². The molecule has 3 rings (SSSR count). The first-order chi connectivity index (χ1) is 14.1. The van der Waals surface area contributed by atoms with E-state index in [-0.39, 0.29) is 12.4 Å². The van der Waals surface area contributed by atoms with Crippen LogP contribution in [0.25, 0.3) is 0 Å². The topological polar surface area (TPSA) is 102 Å². The Morgan fingerprint density at radius 3 is 2.48 bits per heavy atom. The highest BCUT2D eigenvalue weighted by Gasteiger charge is 2.15. The van der Waals surface area contributed by atoms with E-state index in [1.165, 1.54) is 6.07 Å². The lowest BCUT2D eigenvalue weighted by Gasteiger charge is -2.06. The van der Waals surface area contributed by atoms with Gasteiger partial charge in [0.1, 0.15) is 18.1 Å². The fourth-order valence-corrected chi connectivity index (χ4v) is 2.43. The number of anilines is 1. The van der Waals surface area contributed by atoms with Crippen molar-refractivity contribution in [2.75, 3.05) is 11.9 Å². The Labute approximate surface area is 167 Å². The molecule has 0 fully saturated rings. The van der Waals surface area contributed by atoms with Crippen LogP contribution in [0.3, 0.4) is 0 Å². The second-order valence-electron chi connectivity index (χ2n) is 6.02. The summed E-state index contributed by atoms with van der Waals surface area (Å²) < 4.78 is 15.9. The monoisotopic (exact) mass is 390 g/mol. The SMILES string of the molecule is N#CCc1ccc(NC(=O)COC(=O)c2ccc(COc3ccccc3)o2)cc1. The van der Waals surface area contributed by atoms with Gasteiger partial charge in [0, 0.05) is 5.69 Å². The average molecular weight is 390 g/mol. The van der Waals surface area contributed by atoms with Gasteiger partial charge in [-0.15, -0.1) is 0 Å². The van der Waals surface area contributed by atoms with Gasteiger partial charge in [-0.05, 0) is 42.0 Å². The molecule has 0 atom stereocenters. The summed E-state index contributed by atoms with van der Waals surface area (Å²) in [5.74, 6) is -0.0839. The van der Waals surface area contributed by atoms with Crippen LogP contribution in [-0.4, -0.2) is 18.5 Å². The number of hydrogen-bond acceptors (Lipinski definition) is 6. The Morgan fingerprint density at radius 1 is 1.00 bits per heavy atom. The number of esters is 1. The van der Waals surface area contributed by atoms with Gasteiger partial charge in [-0.25, -0.2) is 4.79 Å². The van der Waals surface area contributed by atoms with Gasteiger partial charge >= 0.3 is 5.97 Å². The van der Waals surface area contributed by atoms with E-state index in [9.17, 15) is 9.59 Å². The molecule has 7 nitrogen and oxygen atoms in total. The quantitative estimate of drug-likeness (QED) is 0.588. The maximum atomic E-state index is 12.0. The Bertz CT molecular complexity index is 1000. The van der Waals surface area contributed by atoms with Crippen molar-refractivity contribution in [1.29, 1.82) is 5.26 Å². The predicted octanol–water partition coefficient (Wildman–Crippen LogP) is 3.72. The molecule has 7 heteroatoms. The van der Waals surface area contributed by atoms with Gasteiger partial charge in [-0.3, -0.25) is 4.79 Å². The first-order valence-corrected chi connectivity index (χ1v) is 8.83. The molecular weight excluding hydrogens is 372 g/mol. The summed E-state index contributed by atoms with van der Waals surface area (Å²) in [6, 6.07) is 21.2. The average Bonchev–Trinajstić information content (AvgIpc) is 3.22. The summed E-state index contributed by atoms with van der Waals surface area (Å²) >= 11 is 0. The lowest BCUT2D eigenvalue weighted by atomic mass is 10.1. The van der Waals surface area contributed by atoms with Gasteiger partial charge in [-0.2, -0.15) is 5.26 Å². The van der Waals surface area contributed by atoms with Crippen LogP contribution in [0.2, 0.25) is 0 Å². The molecule has 0 unspecified atom stereocenters. The second-order valence-corrected chi connectivity index (χ2v) is 6.02. The fourth-order valence-electron chi connectivity index (χ4n) is 2.43. The van der Waals surface area contributed by atoms with Gasteiger partial charge in [0.2, 0.25) is 5.76 Å². The molecule has 1 amide bonds. The summed E-state index contributed by atoms with van der Waals surface area (Å²) in [7, 11) is 0. The zero-order valence-electron chi connectivity index (χ0n) is 15.5. The number of ether oxygens (including phenoxy) is 2. The van der Waals surface area contributed by atoms with Crippen molar-refractivity contribution in [2.45, 2.75) is 13.0 Å². The molecule has 0 aliphatic heterocycles. The largest absolute Gasteiger partial charge is 0.486 e. The maximum Gasteiger partial charge on any atom is 0.374 e. The van der Waals surface area contributed by atoms with Crippen LogP contribution in [0.15, 0.2) is 71.1 Å². The molecule has 0 spiro atoms. The molecule has 1 N–H and O–H groups in total. The van der Waals surface area contributed by atoms with Gasteiger partial charge in [0.05, 0.1) is 12.5 Å². The first kappa shape index (κ1) is 19.7. The lowest BCUT2D eigenvalue weighted by Crippen LogP contribution is -2.20. The Hall–Kier alpha value is -4.05. The number of para-hydroxylation sites is 1. The molecule has 0 saturated heterocycles. The number of amides is 1. The molecule has 0 radical (unpaired) electrons. The van der Waals surface area contributed by atoms with Crippen molar-refractivity contribution in [3.63, 3.8) is 0 Å². The first-order valence-electron chi connectivity index (χ1n) is 8.83. The standard InChI is InChI=1S/C22H18N2O5/c23-13-12-16-6-8-17(9-7-16)24-21(25)15-28-22(26)20-11-10-19(29-20)14-27-18-4-2-1-3-5-18/h1-11H,12,14-15H2,(H,24,25). The molecule has 0 aliphatic rings. The van der Waals surface area contributed by atoms with Gasteiger partial charge in [-0.1, -0.05) is 30.3 Å². The molecule has 1 heterocycles. The van der Waals surface area contributed by atoms with E-state index in [0.29, 0.717) is 23.6 Å². The van der Waals surface area contributed by atoms with E-state index < -0.39 is 18.5 Å². The van der Waals surface area contributed by atoms with Crippen molar-refractivity contribution in [3.05, 3.63) is 83.8 Å². The maximum absolute atomic E-state index is 12.0. The third-order valence-electron chi connectivity index (χ3n) is 3.84. The fraction of sp³-hybridized carbons (Fsp3) is 0.136. The Kier molecular flexibility index (Phi) is 6.63. The predicted molar refractivity (Wildman–Crippen MR) is 104 cm³/mol. The number of nitrogens with one attached hydrogen (secondary N) is 1. The van der Waals surface area contributed by atoms with Crippen molar-refractivity contribution in [3.8, 4) is 11.8 Å². The van der Waals surface area contributed by atoms with E-state index in [1.807, 2.05) is 36.4 Å². The third kappa shape index (κ3) is 5.97. The molecule has 146 valence electrons. The van der Waals surface area contributed by atoms with Crippen LogP contribution in [0.4, 0.5) is 5.69 Å². The van der Waals surface area contributed by atoms with E-state index in [1.54, 1.807) is 30.3 Å². The van der Waals surface area contributed by atoms with Gasteiger partial charge < -0.3 is 19.2 Å². The summed E-state index contributed by atoms with van der Waals surface area (Å²) in [6.07, 6.45) is 0.299. The molecule has 0 saturated carbocycles. The summed E-state index contributed by atoms with van der Waals surface area (Å²) in [5, 5.41) is 11.3. The zero-order valence-corrected chi connectivity index (χ0v) is 15.5. The van der Waals surface area contributed by atoms with Crippen molar-refractivity contribution in [2.24, 2.45) is 0 Å². The number of carbonyl (C=O) groups excluding carboxylic acids is 2. The second kappa shape index (κ2) is 9.76. The molecular formula is C22H18N2O5. The van der Waals surface area contributed by atoms with Crippen LogP contribution in [0, 0.1) is 11.3 Å². The highest BCUT2D eigenvalue weighted by molar-refractivity contribution is 5.94. The van der Waals surface area contributed by atoms with Gasteiger partial charge in [0.15, 0.2) is 6.61 Å². The Morgan fingerprint density at radius 2 is 1.76 bits per heavy atom. The normalized spacial score (nSPS) is 10.0. The minimum absolute atomic E-state index is 0.00896. The molecule has 2 aromatic carbocycles. The van der Waals surface area contributed by atoms with Crippen LogP contribution >= 0.6 is 0 Å². The van der Waals surface area contributed by atoms with Crippen LogP contribution in [0.5, 0.6) is 5.75 Å². The number of nitrogens with zero attached hydrogens (tertiary/aromatic N) is 1. The number of benzene rings is 2. The number of hydrogen-bond donors (Lipinski definition) is 1. The van der Waals surface area contributed by atoms with E-state index in [4.69, 9.17) is 19.2 Å². The van der Waals surface area contributed by atoms with E-state index in [2.05, 4.69) is 5.32 Å². The van der Waals surface area contributed by atoms with Crippen LogP contribution < -0.4 is 10.1 Å². The zero-order chi connectivity index (χ0) is 20.5. The Balaban J connectivity index is 1.44. The summed E-state index contributed by atoms with van der Waals surface area (Å²) in [4.78, 5) is 24.0. The molecule has 3 aromatic rings. The molecule has 29 heavy (non-hydrogen) atoms. The molecule has 0 aliphatic carbocycles. The molecule has 1 aromatic heterocycles. The number of carbonyl (C=O) groups is 2. The number of nitriles is 1. The number of furan rings is 1. The summed E-state index contributed by atoms with van der Waals surface area (Å²) in [6.45, 7) is -0.283. The highest BCUT2D eigenvalue weighted by atomic mass is 16.6. The minimum atomic E-state index is -0.740.